The number of nitrogens with two attached hydrogens (primary N) is 1. The van der Waals surface area contributed by atoms with Gasteiger partial charge < -0.3 is 5.73 Å². The van der Waals surface area contributed by atoms with Crippen LogP contribution < -0.4 is 5.73 Å². The summed E-state index contributed by atoms with van der Waals surface area (Å²) in [5, 5.41) is 8.46. The number of aromatic nitrogens is 1. The average Bonchev–Trinajstić information content (AvgIpc) is 2.03. The predicted molar refractivity (Wildman–Crippen MR) is 38.3 cm³/mol. The molecule has 0 atom stereocenters. The quantitative estimate of drug-likeness (QED) is 0.692. The molecule has 0 unspecified atom stereocenters. The number of nitrogens with zero attached hydrogens (tertiary/aromatic N) is 2. The summed E-state index contributed by atoms with van der Waals surface area (Å²) in [6.07, 6.45) is -0.597. The average molecular weight is 169 g/mol. The minimum absolute atomic E-state index is 0.0182. The van der Waals surface area contributed by atoms with Crippen LogP contribution in [0.4, 0.5) is 14.5 Å². The largest absolute Gasteiger partial charge is 0.396 e. The van der Waals surface area contributed by atoms with E-state index in [1.807, 2.05) is 0 Å². The van der Waals surface area contributed by atoms with Crippen LogP contribution >= 0.6 is 0 Å². The van der Waals surface area contributed by atoms with Gasteiger partial charge >= 0.3 is 0 Å². The van der Waals surface area contributed by atoms with Gasteiger partial charge in [0.25, 0.3) is 6.43 Å². The Balaban J connectivity index is 3.30. The van der Waals surface area contributed by atoms with Crippen molar-refractivity contribution in [3.63, 3.8) is 0 Å². The highest BCUT2D eigenvalue weighted by molar-refractivity contribution is 5.56. The number of halogens is 2. The van der Waals surface area contributed by atoms with Crippen molar-refractivity contribution in [3.05, 3.63) is 23.5 Å². The van der Waals surface area contributed by atoms with Gasteiger partial charge in [0.15, 0.2) is 0 Å². The lowest BCUT2D eigenvalue weighted by Crippen LogP contribution is -1.98. The highest BCUT2D eigenvalue weighted by Crippen LogP contribution is 2.24. The van der Waals surface area contributed by atoms with Crippen LogP contribution in [0.15, 0.2) is 12.4 Å². The van der Waals surface area contributed by atoms with Gasteiger partial charge in [-0.3, -0.25) is 4.98 Å². The summed E-state index contributed by atoms with van der Waals surface area (Å²) in [5.41, 5.74) is 4.62. The van der Waals surface area contributed by atoms with Crippen molar-refractivity contribution in [2.24, 2.45) is 0 Å². The molecule has 12 heavy (non-hydrogen) atoms. The van der Waals surface area contributed by atoms with Crippen molar-refractivity contribution < 1.29 is 8.78 Å². The van der Waals surface area contributed by atoms with E-state index in [2.05, 4.69) is 4.98 Å². The van der Waals surface area contributed by atoms with Crippen molar-refractivity contribution in [1.29, 1.82) is 5.26 Å². The first-order valence-corrected chi connectivity index (χ1v) is 3.08. The maximum absolute atomic E-state index is 12.1. The maximum Gasteiger partial charge on any atom is 0.266 e. The lowest BCUT2D eigenvalue weighted by Gasteiger charge is -2.02. The molecule has 0 spiro atoms. The van der Waals surface area contributed by atoms with E-state index >= 15 is 0 Å². The van der Waals surface area contributed by atoms with E-state index in [1.54, 1.807) is 6.07 Å². The monoisotopic (exact) mass is 169 g/mol. The molecule has 2 N–H and O–H groups in total. The van der Waals surface area contributed by atoms with Gasteiger partial charge in [0.05, 0.1) is 23.0 Å². The lowest BCUT2D eigenvalue weighted by atomic mass is 10.1. The van der Waals surface area contributed by atoms with Gasteiger partial charge in [0.1, 0.15) is 6.07 Å². The molecule has 0 amide bonds. The molecule has 0 aliphatic carbocycles. The molecule has 0 saturated heterocycles. The van der Waals surface area contributed by atoms with Crippen LogP contribution in [-0.4, -0.2) is 4.98 Å². The smallest absolute Gasteiger partial charge is 0.266 e. The van der Waals surface area contributed by atoms with Crippen molar-refractivity contribution >= 4 is 5.69 Å². The van der Waals surface area contributed by atoms with Crippen molar-refractivity contribution in [2.45, 2.75) is 6.43 Å². The molecule has 1 aromatic heterocycles. The minimum atomic E-state index is -2.71. The Bertz CT molecular complexity index is 330. The van der Waals surface area contributed by atoms with E-state index in [-0.39, 0.29) is 11.3 Å². The number of pyridine rings is 1. The van der Waals surface area contributed by atoms with E-state index in [1.165, 1.54) is 6.20 Å². The molecule has 1 rings (SSSR count). The van der Waals surface area contributed by atoms with Gasteiger partial charge in [-0.05, 0) is 0 Å². The SMILES string of the molecule is N#Cc1c(N)cncc1C(F)F. The molecule has 0 radical (unpaired) electrons. The molecule has 3 nitrogen and oxygen atoms in total. The Labute approximate surface area is 67.4 Å². The third-order valence-electron chi connectivity index (χ3n) is 1.35. The van der Waals surface area contributed by atoms with E-state index in [0.29, 0.717) is 0 Å². The van der Waals surface area contributed by atoms with Crippen LogP contribution in [0.25, 0.3) is 0 Å². The van der Waals surface area contributed by atoms with Gasteiger partial charge in [-0.25, -0.2) is 8.78 Å². The third-order valence-corrected chi connectivity index (χ3v) is 1.35. The maximum atomic E-state index is 12.1. The summed E-state index contributed by atoms with van der Waals surface area (Å²) in [7, 11) is 0. The lowest BCUT2D eigenvalue weighted by molar-refractivity contribution is 0.150. The minimum Gasteiger partial charge on any atom is -0.396 e. The van der Waals surface area contributed by atoms with Crippen molar-refractivity contribution in [1.82, 2.24) is 4.98 Å². The normalized spacial score (nSPS) is 9.83. The fourth-order valence-corrected chi connectivity index (χ4v) is 0.788. The molecule has 62 valence electrons. The number of nitrogen functional groups attached to an aromatic ring is 1. The molecule has 0 bridgehead atoms. The summed E-state index contributed by atoms with van der Waals surface area (Å²) in [4.78, 5) is 3.46. The summed E-state index contributed by atoms with van der Waals surface area (Å²) >= 11 is 0. The van der Waals surface area contributed by atoms with Crippen LogP contribution in [0.1, 0.15) is 17.6 Å². The molecular formula is C7H5F2N3. The van der Waals surface area contributed by atoms with E-state index < -0.39 is 12.0 Å². The standard InChI is InChI=1S/C7H5F2N3/c8-7(9)5-2-12-3-6(11)4(5)1-10/h2-3,7H,11H2. The van der Waals surface area contributed by atoms with Gasteiger partial charge in [-0.2, -0.15) is 5.26 Å². The molecule has 1 heterocycles. The molecule has 0 saturated carbocycles. The molecule has 0 aliphatic rings. The Hall–Kier alpha value is -1.70. The molecule has 0 aliphatic heterocycles. The number of anilines is 1. The number of nitriles is 1. The van der Waals surface area contributed by atoms with Crippen LogP contribution in [0.5, 0.6) is 0 Å². The van der Waals surface area contributed by atoms with Crippen LogP contribution in [0.2, 0.25) is 0 Å². The summed E-state index contributed by atoms with van der Waals surface area (Å²) in [5.74, 6) is 0. The van der Waals surface area contributed by atoms with E-state index in [9.17, 15) is 8.78 Å². The van der Waals surface area contributed by atoms with Gasteiger partial charge in [-0.15, -0.1) is 0 Å². The first kappa shape index (κ1) is 8.40. The number of hydrogen-bond acceptors (Lipinski definition) is 3. The van der Waals surface area contributed by atoms with Crippen LogP contribution in [0.3, 0.4) is 0 Å². The summed E-state index contributed by atoms with van der Waals surface area (Å²) in [6.45, 7) is 0. The van der Waals surface area contributed by atoms with Crippen LogP contribution in [0, 0.1) is 11.3 Å². The van der Waals surface area contributed by atoms with Gasteiger partial charge in [0.2, 0.25) is 0 Å². The first-order chi connectivity index (χ1) is 5.66. The van der Waals surface area contributed by atoms with E-state index in [4.69, 9.17) is 11.0 Å². The highest BCUT2D eigenvalue weighted by Gasteiger charge is 2.14. The summed E-state index contributed by atoms with van der Waals surface area (Å²) in [6, 6.07) is 1.60. The fraction of sp³-hybridized carbons (Fsp3) is 0.143. The zero-order chi connectivity index (χ0) is 9.14. The second-order valence-corrected chi connectivity index (χ2v) is 2.11. The fourth-order valence-electron chi connectivity index (χ4n) is 0.788. The van der Waals surface area contributed by atoms with E-state index in [0.717, 1.165) is 6.20 Å². The Morgan fingerprint density at radius 1 is 1.50 bits per heavy atom. The Morgan fingerprint density at radius 2 is 2.17 bits per heavy atom. The third kappa shape index (κ3) is 1.32. The molecule has 5 heteroatoms. The van der Waals surface area contributed by atoms with Crippen LogP contribution in [-0.2, 0) is 0 Å². The number of hydrogen-bond donors (Lipinski definition) is 1. The predicted octanol–water partition coefficient (Wildman–Crippen LogP) is 1.47. The van der Waals surface area contributed by atoms with Gasteiger partial charge in [-0.1, -0.05) is 0 Å². The Morgan fingerprint density at radius 3 is 2.58 bits per heavy atom. The zero-order valence-corrected chi connectivity index (χ0v) is 5.96. The second kappa shape index (κ2) is 3.13. The summed E-state index contributed by atoms with van der Waals surface area (Å²) < 4.78 is 24.3. The highest BCUT2D eigenvalue weighted by atomic mass is 19.3. The number of rotatable bonds is 1. The molecule has 0 fully saturated rings. The van der Waals surface area contributed by atoms with Crippen molar-refractivity contribution in [3.8, 4) is 6.07 Å². The Kier molecular flexibility index (Phi) is 2.19. The molecule has 1 aromatic rings. The van der Waals surface area contributed by atoms with Crippen molar-refractivity contribution in [2.75, 3.05) is 5.73 Å². The second-order valence-electron chi connectivity index (χ2n) is 2.11. The zero-order valence-electron chi connectivity index (χ0n) is 5.96. The molecular weight excluding hydrogens is 164 g/mol. The topological polar surface area (TPSA) is 62.7 Å². The first-order valence-electron chi connectivity index (χ1n) is 3.08. The molecule has 0 aromatic carbocycles. The number of alkyl halides is 2. The van der Waals surface area contributed by atoms with Gasteiger partial charge in [0, 0.05) is 6.20 Å².